The van der Waals surface area contributed by atoms with Gasteiger partial charge in [-0.2, -0.15) is 0 Å². The van der Waals surface area contributed by atoms with Crippen molar-refractivity contribution in [2.45, 2.75) is 54.4 Å². The van der Waals surface area contributed by atoms with Crippen LogP contribution in [0, 0.1) is 18.8 Å². The SMILES string of the molecule is C=C(/C=c1/c(N)ccc/c1=C/C(C)CC)C(C)CC.C=Cc1ccc(OCCOCCOCCOCCOCCOc2cc(/C=C\C)c(C)cn2)cc1C=C. The maximum absolute atomic E-state index is 6.14. The molecule has 2 aromatic carbocycles. The first-order valence-corrected chi connectivity index (χ1v) is 19.5. The molecule has 0 saturated carbocycles. The molecule has 300 valence electrons. The molecule has 8 heteroatoms. The number of nitrogen functional groups attached to an aromatic ring is 1. The van der Waals surface area contributed by atoms with E-state index in [1.165, 1.54) is 5.22 Å². The highest BCUT2D eigenvalue weighted by Gasteiger charge is 2.04. The molecular weight excluding hydrogens is 689 g/mol. The summed E-state index contributed by atoms with van der Waals surface area (Å²) in [4.78, 5) is 4.28. The van der Waals surface area contributed by atoms with E-state index in [1.54, 1.807) is 12.2 Å². The first-order chi connectivity index (χ1) is 26.7. The van der Waals surface area contributed by atoms with Gasteiger partial charge in [0.15, 0.2) is 0 Å². The van der Waals surface area contributed by atoms with Crippen LogP contribution in [0.2, 0.25) is 0 Å². The average molecular weight is 755 g/mol. The number of benzene rings is 2. The van der Waals surface area contributed by atoms with Crippen molar-refractivity contribution in [1.82, 2.24) is 4.98 Å². The molecule has 0 bridgehead atoms. The molecule has 8 nitrogen and oxygen atoms in total. The number of aryl methyl sites for hydroxylation is 1. The maximum atomic E-state index is 6.14. The van der Waals surface area contributed by atoms with Gasteiger partial charge in [-0.1, -0.05) is 108 Å². The Hall–Kier alpha value is -4.47. The van der Waals surface area contributed by atoms with Crippen LogP contribution in [0.1, 0.15) is 69.7 Å². The zero-order valence-corrected chi connectivity index (χ0v) is 34.3. The third-order valence-corrected chi connectivity index (χ3v) is 8.91. The molecule has 55 heavy (non-hydrogen) atoms. The van der Waals surface area contributed by atoms with Crippen LogP contribution in [0.25, 0.3) is 30.4 Å². The molecule has 0 spiro atoms. The molecule has 0 radical (unpaired) electrons. The lowest BCUT2D eigenvalue weighted by molar-refractivity contribution is -0.00710. The molecule has 0 aliphatic rings. The van der Waals surface area contributed by atoms with E-state index in [4.69, 9.17) is 34.2 Å². The fraction of sp³-hybridized carbons (Fsp3) is 0.426. The summed E-state index contributed by atoms with van der Waals surface area (Å²) in [7, 11) is 0. The van der Waals surface area contributed by atoms with Crippen LogP contribution in [-0.2, 0) is 18.9 Å². The van der Waals surface area contributed by atoms with E-state index >= 15 is 0 Å². The Balaban J connectivity index is 0.000000462. The molecule has 0 aliphatic heterocycles. The summed E-state index contributed by atoms with van der Waals surface area (Å²) in [6.45, 7) is 29.5. The average Bonchev–Trinajstić information content (AvgIpc) is 3.19. The van der Waals surface area contributed by atoms with Gasteiger partial charge >= 0.3 is 0 Å². The molecule has 0 amide bonds. The van der Waals surface area contributed by atoms with Crippen LogP contribution >= 0.6 is 0 Å². The highest BCUT2D eigenvalue weighted by atomic mass is 16.6. The second-order valence-corrected chi connectivity index (χ2v) is 13.2. The minimum Gasteiger partial charge on any atom is -0.491 e. The second kappa shape index (κ2) is 28.0. The van der Waals surface area contributed by atoms with Crippen molar-refractivity contribution in [3.63, 3.8) is 0 Å². The smallest absolute Gasteiger partial charge is 0.213 e. The highest BCUT2D eigenvalue weighted by molar-refractivity contribution is 5.65. The molecule has 1 heterocycles. The number of anilines is 1. The van der Waals surface area contributed by atoms with Crippen molar-refractivity contribution in [3.05, 3.63) is 113 Å². The molecule has 2 N–H and O–H groups in total. The Morgan fingerprint density at radius 2 is 1.36 bits per heavy atom. The predicted octanol–water partition coefficient (Wildman–Crippen LogP) is 8.71. The van der Waals surface area contributed by atoms with E-state index in [9.17, 15) is 0 Å². The highest BCUT2D eigenvalue weighted by Crippen LogP contribution is 2.20. The molecule has 0 aliphatic carbocycles. The fourth-order valence-corrected chi connectivity index (χ4v) is 5.08. The molecule has 1 aromatic heterocycles. The summed E-state index contributed by atoms with van der Waals surface area (Å²) in [5, 5.41) is 2.34. The Morgan fingerprint density at radius 1 is 0.764 bits per heavy atom. The summed E-state index contributed by atoms with van der Waals surface area (Å²) < 4.78 is 33.4. The first-order valence-electron chi connectivity index (χ1n) is 19.5. The Morgan fingerprint density at radius 3 is 1.93 bits per heavy atom. The van der Waals surface area contributed by atoms with E-state index < -0.39 is 0 Å². The predicted molar refractivity (Wildman–Crippen MR) is 232 cm³/mol. The molecular formula is C47H66N2O6. The number of hydrogen-bond acceptors (Lipinski definition) is 8. The minimum atomic E-state index is 0.441. The van der Waals surface area contributed by atoms with Gasteiger partial charge < -0.3 is 34.2 Å². The van der Waals surface area contributed by atoms with Crippen LogP contribution in [0.15, 0.2) is 80.0 Å². The zero-order chi connectivity index (χ0) is 40.3. The minimum absolute atomic E-state index is 0.441. The number of aromatic nitrogens is 1. The van der Waals surface area contributed by atoms with Gasteiger partial charge in [0.2, 0.25) is 5.88 Å². The Bertz CT molecular complexity index is 1730. The number of nitrogens with two attached hydrogens (primary N) is 1. The topological polar surface area (TPSA) is 94.3 Å². The second-order valence-electron chi connectivity index (χ2n) is 13.2. The maximum Gasteiger partial charge on any atom is 0.213 e. The molecule has 0 fully saturated rings. The van der Waals surface area contributed by atoms with Gasteiger partial charge in [-0.15, -0.1) is 0 Å². The van der Waals surface area contributed by atoms with Gasteiger partial charge in [-0.3, -0.25) is 0 Å². The molecule has 3 rings (SSSR count). The monoisotopic (exact) mass is 754 g/mol. The number of rotatable bonds is 25. The fourth-order valence-electron chi connectivity index (χ4n) is 5.08. The van der Waals surface area contributed by atoms with Crippen molar-refractivity contribution in [1.29, 1.82) is 0 Å². The van der Waals surface area contributed by atoms with Crippen LogP contribution in [0.3, 0.4) is 0 Å². The molecule has 2 atom stereocenters. The molecule has 3 aromatic rings. The summed E-state index contributed by atoms with van der Waals surface area (Å²) in [5.41, 5.74) is 12.4. The summed E-state index contributed by atoms with van der Waals surface area (Å²) >= 11 is 0. The molecule has 0 saturated heterocycles. The number of ether oxygens (including phenoxy) is 6. The largest absolute Gasteiger partial charge is 0.491 e. The Kier molecular flexibility index (Phi) is 23.8. The lowest BCUT2D eigenvalue weighted by Gasteiger charge is -2.10. The standard InChI is InChI=1S/C29H39NO6.C18H27N/c1-5-8-27-22-29(30-23-24(27)4)36-20-18-34-16-14-32-12-11-31-13-15-33-17-19-35-28-10-9-25(6-2)26(7-3)21-28;1-6-13(3)11-16-9-8-10-18(19)17(16)12-15(5)14(4)7-2/h5-10,21-23H,2-3,11-20H2,1,4H3;8-14H,5-7,19H2,1-4H3/b8-5-;16-11-,17-12+. The summed E-state index contributed by atoms with van der Waals surface area (Å²) in [5.74, 6) is 2.44. The third kappa shape index (κ3) is 18.6. The number of allylic oxidation sites excluding steroid dienone is 2. The van der Waals surface area contributed by atoms with Crippen molar-refractivity contribution < 1.29 is 28.4 Å². The quantitative estimate of drug-likeness (QED) is 0.0679. The number of nitrogens with zero attached hydrogens (tertiary/aromatic N) is 1. The van der Waals surface area contributed by atoms with E-state index in [0.717, 1.165) is 57.3 Å². The van der Waals surface area contributed by atoms with Crippen molar-refractivity contribution in [2.75, 3.05) is 71.8 Å². The third-order valence-electron chi connectivity index (χ3n) is 8.91. The van der Waals surface area contributed by atoms with E-state index in [1.807, 2.05) is 68.6 Å². The van der Waals surface area contributed by atoms with E-state index in [0.29, 0.717) is 83.8 Å². The molecule has 2 unspecified atom stereocenters. The van der Waals surface area contributed by atoms with Gasteiger partial charge in [0.1, 0.15) is 19.0 Å². The van der Waals surface area contributed by atoms with Crippen molar-refractivity contribution >= 4 is 36.1 Å². The van der Waals surface area contributed by atoms with E-state index in [2.05, 4.69) is 70.6 Å². The van der Waals surface area contributed by atoms with Crippen LogP contribution in [0.5, 0.6) is 11.6 Å². The van der Waals surface area contributed by atoms with Crippen LogP contribution in [0.4, 0.5) is 5.69 Å². The van der Waals surface area contributed by atoms with Crippen molar-refractivity contribution in [2.24, 2.45) is 11.8 Å². The first kappa shape index (κ1) is 46.7. The lowest BCUT2D eigenvalue weighted by atomic mass is 9.97. The summed E-state index contributed by atoms with van der Waals surface area (Å²) in [6, 6.07) is 13.9. The van der Waals surface area contributed by atoms with Gasteiger partial charge in [0.25, 0.3) is 0 Å². The van der Waals surface area contributed by atoms with Crippen LogP contribution in [-0.4, -0.2) is 71.1 Å². The number of hydrogen-bond donors (Lipinski definition) is 1. The van der Waals surface area contributed by atoms with Gasteiger partial charge in [0, 0.05) is 23.2 Å². The zero-order valence-electron chi connectivity index (χ0n) is 34.3. The van der Waals surface area contributed by atoms with Gasteiger partial charge in [-0.05, 0) is 83.9 Å². The number of pyridine rings is 1. The lowest BCUT2D eigenvalue weighted by Crippen LogP contribution is -2.28. The summed E-state index contributed by atoms with van der Waals surface area (Å²) in [6.07, 6.45) is 16.1. The normalized spacial score (nSPS) is 12.9. The van der Waals surface area contributed by atoms with Gasteiger partial charge in [0.05, 0.1) is 52.9 Å². The van der Waals surface area contributed by atoms with Crippen LogP contribution < -0.4 is 25.6 Å². The van der Waals surface area contributed by atoms with Gasteiger partial charge in [-0.25, -0.2) is 4.98 Å². The Labute approximate surface area is 331 Å². The van der Waals surface area contributed by atoms with E-state index in [-0.39, 0.29) is 0 Å². The van der Waals surface area contributed by atoms with Crippen molar-refractivity contribution in [3.8, 4) is 11.6 Å².